The molecule has 19 heavy (non-hydrogen) atoms. The van der Waals surface area contributed by atoms with E-state index >= 15 is 0 Å². The van der Waals surface area contributed by atoms with E-state index in [9.17, 15) is 4.79 Å². The molecule has 1 aliphatic heterocycles. The molecule has 1 aliphatic rings. The van der Waals surface area contributed by atoms with E-state index < -0.39 is 0 Å². The first kappa shape index (κ1) is 13.8. The highest BCUT2D eigenvalue weighted by molar-refractivity contribution is 8.15. The molecule has 1 N–H and O–H groups in total. The van der Waals surface area contributed by atoms with E-state index in [0.717, 1.165) is 5.56 Å². The lowest BCUT2D eigenvalue weighted by atomic mass is 10.0. The van der Waals surface area contributed by atoms with Crippen molar-refractivity contribution in [3.05, 3.63) is 35.4 Å². The van der Waals surface area contributed by atoms with Crippen molar-refractivity contribution in [1.29, 1.82) is 0 Å². The van der Waals surface area contributed by atoms with Crippen LogP contribution in [-0.4, -0.2) is 22.5 Å². The van der Waals surface area contributed by atoms with Gasteiger partial charge in [-0.3, -0.25) is 4.79 Å². The van der Waals surface area contributed by atoms with Gasteiger partial charge < -0.3 is 5.32 Å². The summed E-state index contributed by atoms with van der Waals surface area (Å²) in [7, 11) is 0. The molecule has 0 spiro atoms. The van der Waals surface area contributed by atoms with Crippen LogP contribution in [0.5, 0.6) is 0 Å². The van der Waals surface area contributed by atoms with Crippen molar-refractivity contribution in [3.63, 3.8) is 0 Å². The Morgan fingerprint density at radius 3 is 2.53 bits per heavy atom. The Morgan fingerprint density at radius 1 is 1.32 bits per heavy atom. The molecule has 5 heteroatoms. The molecule has 2 rings (SSSR count). The van der Waals surface area contributed by atoms with Gasteiger partial charge in [0.05, 0.1) is 11.5 Å². The Balaban J connectivity index is 1.99. The zero-order valence-corrected chi connectivity index (χ0v) is 12.1. The molecule has 1 fully saturated rings. The van der Waals surface area contributed by atoms with Crippen LogP contribution < -0.4 is 5.32 Å². The normalized spacial score (nSPS) is 21.6. The van der Waals surface area contributed by atoms with E-state index in [1.807, 2.05) is 19.1 Å². The predicted octanol–water partition coefficient (Wildman–Crippen LogP) is 2.75. The minimum Gasteiger partial charge on any atom is -0.303 e. The molecule has 0 saturated carbocycles. The standard InChI is InChI=1S/C14H17N3OS/c1-9(2)12-6-4-11(5-7-12)8-15-17-14-16-13(18)10(3)19-14/h4-10H,1-3H3,(H,16,17,18)/b15-8-/t10-/m1/s1. The second-order valence-electron chi connectivity index (χ2n) is 4.72. The van der Waals surface area contributed by atoms with Crippen LogP contribution in [0.3, 0.4) is 0 Å². The number of hydrogen-bond donors (Lipinski definition) is 1. The van der Waals surface area contributed by atoms with Crippen LogP contribution in [0, 0.1) is 0 Å². The number of rotatable bonds is 3. The van der Waals surface area contributed by atoms with Gasteiger partial charge in [-0.15, -0.1) is 5.10 Å². The van der Waals surface area contributed by atoms with E-state index in [0.29, 0.717) is 11.1 Å². The first-order valence-electron chi connectivity index (χ1n) is 6.25. The van der Waals surface area contributed by atoms with Crippen molar-refractivity contribution in [2.45, 2.75) is 31.9 Å². The smallest absolute Gasteiger partial charge is 0.239 e. The number of nitrogens with zero attached hydrogens (tertiary/aromatic N) is 2. The molecule has 1 amide bonds. The summed E-state index contributed by atoms with van der Waals surface area (Å²) < 4.78 is 0. The summed E-state index contributed by atoms with van der Waals surface area (Å²) in [5.41, 5.74) is 2.30. The number of hydrogen-bond acceptors (Lipinski definition) is 4. The first-order valence-corrected chi connectivity index (χ1v) is 7.12. The van der Waals surface area contributed by atoms with Gasteiger partial charge in [0.25, 0.3) is 0 Å². The maximum absolute atomic E-state index is 11.3. The van der Waals surface area contributed by atoms with Gasteiger partial charge >= 0.3 is 0 Å². The molecule has 1 aromatic carbocycles. The number of benzene rings is 1. The first-order chi connectivity index (χ1) is 9.06. The average Bonchev–Trinajstić information content (AvgIpc) is 2.69. The third-order valence-electron chi connectivity index (χ3n) is 2.85. The van der Waals surface area contributed by atoms with E-state index in [1.54, 1.807) is 6.21 Å². The van der Waals surface area contributed by atoms with Crippen LogP contribution in [-0.2, 0) is 4.79 Å². The van der Waals surface area contributed by atoms with E-state index in [-0.39, 0.29) is 11.2 Å². The number of carbonyl (C=O) groups is 1. The van der Waals surface area contributed by atoms with Gasteiger partial charge in [-0.1, -0.05) is 49.9 Å². The highest BCUT2D eigenvalue weighted by atomic mass is 32.2. The molecular formula is C14H17N3OS. The third-order valence-corrected chi connectivity index (χ3v) is 3.82. The summed E-state index contributed by atoms with van der Waals surface area (Å²) in [6.07, 6.45) is 1.69. The van der Waals surface area contributed by atoms with Gasteiger partial charge in [-0.2, -0.15) is 5.10 Å². The number of nitrogens with one attached hydrogen (secondary N) is 1. The molecule has 0 radical (unpaired) electrons. The summed E-state index contributed by atoms with van der Waals surface area (Å²) in [6.45, 7) is 6.17. The Morgan fingerprint density at radius 2 is 2.00 bits per heavy atom. The fourth-order valence-electron chi connectivity index (χ4n) is 1.62. The van der Waals surface area contributed by atoms with E-state index in [2.05, 4.69) is 41.5 Å². The van der Waals surface area contributed by atoms with Crippen molar-refractivity contribution in [3.8, 4) is 0 Å². The van der Waals surface area contributed by atoms with Gasteiger partial charge in [0.15, 0.2) is 5.17 Å². The maximum Gasteiger partial charge on any atom is 0.239 e. The fraction of sp³-hybridized carbons (Fsp3) is 0.357. The molecule has 1 aromatic rings. The minimum absolute atomic E-state index is 0.0137. The van der Waals surface area contributed by atoms with Gasteiger partial charge in [0.1, 0.15) is 0 Å². The lowest BCUT2D eigenvalue weighted by Gasteiger charge is -2.03. The maximum atomic E-state index is 11.3. The van der Waals surface area contributed by atoms with E-state index in [4.69, 9.17) is 0 Å². The van der Waals surface area contributed by atoms with Crippen LogP contribution in [0.2, 0.25) is 0 Å². The number of carbonyl (C=O) groups excluding carboxylic acids is 1. The number of thioether (sulfide) groups is 1. The van der Waals surface area contributed by atoms with Gasteiger partial charge in [-0.25, -0.2) is 0 Å². The van der Waals surface area contributed by atoms with Crippen molar-refractivity contribution >= 4 is 29.1 Å². The largest absolute Gasteiger partial charge is 0.303 e. The minimum atomic E-state index is -0.0840. The van der Waals surface area contributed by atoms with Gasteiger partial charge in [0, 0.05) is 0 Å². The Bertz CT molecular complexity index is 520. The molecule has 0 aliphatic carbocycles. The summed E-state index contributed by atoms with van der Waals surface area (Å²) in [4.78, 5) is 11.3. The molecule has 100 valence electrons. The van der Waals surface area contributed by atoms with Crippen molar-refractivity contribution in [2.75, 3.05) is 0 Å². The van der Waals surface area contributed by atoms with Gasteiger partial charge in [0.2, 0.25) is 5.91 Å². The quantitative estimate of drug-likeness (QED) is 0.681. The molecule has 1 atom stereocenters. The summed E-state index contributed by atoms with van der Waals surface area (Å²) in [6, 6.07) is 8.21. The molecule has 1 saturated heterocycles. The molecule has 0 bridgehead atoms. The Hall–Kier alpha value is -1.62. The molecule has 4 nitrogen and oxygen atoms in total. The average molecular weight is 275 g/mol. The zero-order valence-electron chi connectivity index (χ0n) is 11.3. The third kappa shape index (κ3) is 3.67. The SMILES string of the molecule is CC(C)c1ccc(/C=N\N=C2\NC(=O)[C@@H](C)S2)cc1. The van der Waals surface area contributed by atoms with E-state index in [1.165, 1.54) is 17.3 Å². The second kappa shape index (κ2) is 6.02. The highest BCUT2D eigenvalue weighted by Crippen LogP contribution is 2.18. The topological polar surface area (TPSA) is 53.8 Å². The number of amidine groups is 1. The lowest BCUT2D eigenvalue weighted by molar-refractivity contribution is -0.118. The molecule has 0 aromatic heterocycles. The second-order valence-corrected chi connectivity index (χ2v) is 6.05. The Labute approximate surface area is 117 Å². The molecule has 1 heterocycles. The van der Waals surface area contributed by atoms with Crippen molar-refractivity contribution < 1.29 is 4.79 Å². The monoisotopic (exact) mass is 275 g/mol. The van der Waals surface area contributed by atoms with Crippen LogP contribution in [0.15, 0.2) is 34.5 Å². The van der Waals surface area contributed by atoms with Crippen LogP contribution in [0.1, 0.15) is 37.8 Å². The lowest BCUT2D eigenvalue weighted by Crippen LogP contribution is -2.23. The summed E-state index contributed by atoms with van der Waals surface area (Å²) in [5, 5.41) is 11.1. The van der Waals surface area contributed by atoms with Crippen LogP contribution >= 0.6 is 11.8 Å². The number of amides is 1. The van der Waals surface area contributed by atoms with Crippen molar-refractivity contribution in [2.24, 2.45) is 10.2 Å². The van der Waals surface area contributed by atoms with Crippen molar-refractivity contribution in [1.82, 2.24) is 5.32 Å². The summed E-state index contributed by atoms with van der Waals surface area (Å²) >= 11 is 1.39. The zero-order chi connectivity index (χ0) is 13.8. The van der Waals surface area contributed by atoms with Gasteiger partial charge in [-0.05, 0) is 24.0 Å². The predicted molar refractivity (Wildman–Crippen MR) is 80.8 cm³/mol. The van der Waals surface area contributed by atoms with Crippen LogP contribution in [0.4, 0.5) is 0 Å². The molecule has 0 unspecified atom stereocenters. The highest BCUT2D eigenvalue weighted by Gasteiger charge is 2.25. The van der Waals surface area contributed by atoms with Crippen LogP contribution in [0.25, 0.3) is 0 Å². The molecular weight excluding hydrogens is 258 g/mol. The summed E-state index contributed by atoms with van der Waals surface area (Å²) in [5.74, 6) is 0.512. The Kier molecular flexibility index (Phi) is 4.37. The fourth-order valence-corrected chi connectivity index (χ4v) is 2.38.